The van der Waals surface area contributed by atoms with E-state index in [0.29, 0.717) is 45.4 Å². The van der Waals surface area contributed by atoms with Gasteiger partial charge in [0.15, 0.2) is 11.3 Å². The van der Waals surface area contributed by atoms with Crippen molar-refractivity contribution in [2.75, 3.05) is 5.32 Å². The van der Waals surface area contributed by atoms with Crippen LogP contribution in [0.3, 0.4) is 0 Å². The van der Waals surface area contributed by atoms with E-state index in [1.54, 1.807) is 86.2 Å². The number of nitrogens with one attached hydrogen (secondary N) is 1. The highest BCUT2D eigenvalue weighted by molar-refractivity contribution is 5.87. The zero-order valence-corrected chi connectivity index (χ0v) is 24.4. The van der Waals surface area contributed by atoms with Crippen molar-refractivity contribution >= 4 is 22.9 Å². The van der Waals surface area contributed by atoms with Crippen LogP contribution in [0.2, 0.25) is 0 Å². The van der Waals surface area contributed by atoms with Gasteiger partial charge in [-0.3, -0.25) is 19.8 Å². The Hall–Kier alpha value is -5.61. The number of aliphatic hydroxyl groups is 1. The lowest BCUT2D eigenvalue weighted by Crippen LogP contribution is -2.32. The normalized spacial score (nSPS) is 11.5. The minimum atomic E-state index is -1.13. The fourth-order valence-electron chi connectivity index (χ4n) is 4.84. The largest absolute Gasteiger partial charge is 0.453 e. The van der Waals surface area contributed by atoms with E-state index in [-0.39, 0.29) is 12.3 Å². The number of para-hydroxylation sites is 1. The third-order valence-electron chi connectivity index (χ3n) is 6.84. The average molecular weight is 591 g/mol. The molecule has 2 N–H and O–H groups in total. The molecule has 222 valence electrons. The highest BCUT2D eigenvalue weighted by atomic mass is 16.6. The van der Waals surface area contributed by atoms with E-state index in [9.17, 15) is 14.7 Å². The van der Waals surface area contributed by atoms with Gasteiger partial charge in [0, 0.05) is 29.6 Å². The molecular formula is C34H30N4O6. The van der Waals surface area contributed by atoms with Crippen molar-refractivity contribution in [3.05, 3.63) is 119 Å². The van der Waals surface area contributed by atoms with Crippen LogP contribution in [0.1, 0.15) is 19.5 Å². The monoisotopic (exact) mass is 590 g/mol. The van der Waals surface area contributed by atoms with Gasteiger partial charge in [-0.2, -0.15) is 0 Å². The molecule has 1 amide bonds. The number of rotatable bonds is 8. The minimum Gasteiger partial charge on any atom is -0.453 e. The van der Waals surface area contributed by atoms with Crippen LogP contribution >= 0.6 is 0 Å². The van der Waals surface area contributed by atoms with E-state index in [2.05, 4.69) is 10.3 Å². The summed E-state index contributed by atoms with van der Waals surface area (Å²) in [6, 6.07) is 29.0. The quantitative estimate of drug-likeness (QED) is 0.197. The van der Waals surface area contributed by atoms with Gasteiger partial charge < -0.3 is 19.0 Å². The van der Waals surface area contributed by atoms with Crippen LogP contribution < -0.4 is 20.3 Å². The molecule has 10 nitrogen and oxygen atoms in total. The van der Waals surface area contributed by atoms with Gasteiger partial charge in [0.05, 0.1) is 23.5 Å². The fourth-order valence-corrected chi connectivity index (χ4v) is 4.84. The van der Waals surface area contributed by atoms with Gasteiger partial charge in [-0.1, -0.05) is 48.5 Å². The Bertz CT molecular complexity index is 1990. The number of carbonyl (C=O) groups excluding carboxylic acids is 1. The predicted octanol–water partition coefficient (Wildman–Crippen LogP) is 6.93. The number of fused-ring (bicyclic) bond motifs is 1. The topological polar surface area (TPSA) is 121 Å². The number of hydrogen-bond donors (Lipinski definition) is 2. The lowest BCUT2D eigenvalue weighted by Gasteiger charge is -2.22. The summed E-state index contributed by atoms with van der Waals surface area (Å²) < 4.78 is 20.7. The highest BCUT2D eigenvalue weighted by Crippen LogP contribution is 2.34. The van der Waals surface area contributed by atoms with Gasteiger partial charge in [0.1, 0.15) is 17.0 Å². The molecule has 0 saturated carbocycles. The maximum atomic E-state index is 13.4. The van der Waals surface area contributed by atoms with Crippen LogP contribution in [-0.4, -0.2) is 31.1 Å². The summed E-state index contributed by atoms with van der Waals surface area (Å²) in [7, 11) is 0. The number of ether oxygens (including phenoxy) is 2. The smallest absolute Gasteiger partial charge is 0.417 e. The number of hydrogen-bond acceptors (Lipinski definition) is 7. The molecule has 0 radical (unpaired) electrons. The van der Waals surface area contributed by atoms with Crippen LogP contribution in [0.5, 0.6) is 17.2 Å². The zero-order valence-electron chi connectivity index (χ0n) is 24.4. The van der Waals surface area contributed by atoms with E-state index in [4.69, 9.17) is 13.9 Å². The molecule has 0 spiro atoms. The molecule has 0 bridgehead atoms. The van der Waals surface area contributed by atoms with Crippen molar-refractivity contribution in [3.63, 3.8) is 0 Å². The second-order valence-corrected chi connectivity index (χ2v) is 10.9. The Morgan fingerprint density at radius 3 is 2.34 bits per heavy atom. The summed E-state index contributed by atoms with van der Waals surface area (Å²) in [5, 5.41) is 13.1. The molecule has 0 aliphatic heterocycles. The number of pyridine rings is 1. The molecule has 0 aliphatic rings. The molecule has 3 aromatic heterocycles. The Labute approximate surface area is 252 Å². The Balaban J connectivity index is 1.18. The standard InChI is InChI=1S/C34H30N4O6/c1-22-30(32(39)38(25-12-8-5-9-13-25)37(22)21-34(2,3)41)44-33(40)36-24-14-16-26(17-15-24)42-28-18-19-35-27-20-29(43-31(27)28)23-10-6-4-7-11-23/h4-20,41H,21H2,1-3H3,(H,36,40). The summed E-state index contributed by atoms with van der Waals surface area (Å²) >= 11 is 0. The van der Waals surface area contributed by atoms with E-state index in [0.717, 1.165) is 5.56 Å². The van der Waals surface area contributed by atoms with Gasteiger partial charge in [-0.05, 0) is 57.2 Å². The van der Waals surface area contributed by atoms with E-state index >= 15 is 0 Å². The number of aromatic nitrogens is 3. The second kappa shape index (κ2) is 11.6. The number of anilines is 1. The number of furan rings is 1. The molecule has 10 heteroatoms. The van der Waals surface area contributed by atoms with E-state index < -0.39 is 17.3 Å². The van der Waals surface area contributed by atoms with E-state index in [1.165, 1.54) is 4.68 Å². The third kappa shape index (κ3) is 5.97. The third-order valence-corrected chi connectivity index (χ3v) is 6.84. The maximum absolute atomic E-state index is 13.4. The van der Waals surface area contributed by atoms with Crippen molar-refractivity contribution in [2.45, 2.75) is 32.9 Å². The SMILES string of the molecule is Cc1c(OC(=O)Nc2ccc(Oc3ccnc4cc(-c5ccccc5)oc34)cc2)c(=O)n(-c2ccccc2)n1CC(C)(C)O. The minimum absolute atomic E-state index is 0.102. The Morgan fingerprint density at radius 2 is 1.66 bits per heavy atom. The van der Waals surface area contributed by atoms with Crippen molar-refractivity contribution in [1.82, 2.24) is 14.3 Å². The molecule has 0 unspecified atom stereocenters. The first-order valence-electron chi connectivity index (χ1n) is 14.0. The highest BCUT2D eigenvalue weighted by Gasteiger charge is 2.25. The summed E-state index contributed by atoms with van der Waals surface area (Å²) in [5.41, 5.74) is 1.88. The lowest BCUT2D eigenvalue weighted by molar-refractivity contribution is 0.0546. The summed E-state index contributed by atoms with van der Waals surface area (Å²) in [6.45, 7) is 5.05. The first kappa shape index (κ1) is 28.5. The summed E-state index contributed by atoms with van der Waals surface area (Å²) in [4.78, 5) is 30.7. The first-order chi connectivity index (χ1) is 21.2. The number of carbonyl (C=O) groups is 1. The number of nitrogens with zero attached hydrogens (tertiary/aromatic N) is 3. The molecule has 6 aromatic rings. The lowest BCUT2D eigenvalue weighted by atomic mass is 10.1. The number of benzene rings is 3. The molecular weight excluding hydrogens is 560 g/mol. The average Bonchev–Trinajstić information content (AvgIpc) is 3.54. The molecule has 3 heterocycles. The molecule has 3 aromatic carbocycles. The van der Waals surface area contributed by atoms with Crippen molar-refractivity contribution in [2.24, 2.45) is 0 Å². The summed E-state index contributed by atoms with van der Waals surface area (Å²) in [6.07, 6.45) is 0.815. The van der Waals surface area contributed by atoms with Crippen LogP contribution in [0, 0.1) is 6.92 Å². The van der Waals surface area contributed by atoms with Crippen LogP contribution in [0.25, 0.3) is 28.1 Å². The first-order valence-corrected chi connectivity index (χ1v) is 14.0. The van der Waals surface area contributed by atoms with Gasteiger partial charge >= 0.3 is 11.7 Å². The molecule has 0 atom stereocenters. The van der Waals surface area contributed by atoms with E-state index in [1.807, 2.05) is 42.5 Å². The molecule has 0 fully saturated rings. The fraction of sp³-hybridized carbons (Fsp3) is 0.147. The molecule has 6 rings (SSSR count). The Kier molecular flexibility index (Phi) is 7.50. The van der Waals surface area contributed by atoms with Gasteiger partial charge in [0.25, 0.3) is 0 Å². The second-order valence-electron chi connectivity index (χ2n) is 10.9. The van der Waals surface area contributed by atoms with Crippen molar-refractivity contribution in [1.29, 1.82) is 0 Å². The van der Waals surface area contributed by atoms with Crippen molar-refractivity contribution in [3.8, 4) is 34.3 Å². The number of amides is 1. The molecule has 44 heavy (non-hydrogen) atoms. The van der Waals surface area contributed by atoms with Gasteiger partial charge in [0.2, 0.25) is 5.75 Å². The van der Waals surface area contributed by atoms with Gasteiger partial charge in [-0.25, -0.2) is 9.48 Å². The van der Waals surface area contributed by atoms with Crippen LogP contribution in [-0.2, 0) is 6.54 Å². The van der Waals surface area contributed by atoms with Gasteiger partial charge in [-0.15, -0.1) is 0 Å². The maximum Gasteiger partial charge on any atom is 0.417 e. The van der Waals surface area contributed by atoms with Crippen LogP contribution in [0.15, 0.2) is 112 Å². The van der Waals surface area contributed by atoms with Crippen LogP contribution in [0.4, 0.5) is 10.5 Å². The zero-order chi connectivity index (χ0) is 30.8. The van der Waals surface area contributed by atoms with Crippen molar-refractivity contribution < 1.29 is 23.8 Å². The molecule has 0 saturated heterocycles. The summed E-state index contributed by atoms with van der Waals surface area (Å²) in [5.74, 6) is 1.56. The molecule has 0 aliphatic carbocycles. The predicted molar refractivity (Wildman–Crippen MR) is 167 cm³/mol. The Morgan fingerprint density at radius 1 is 0.977 bits per heavy atom.